The lowest BCUT2D eigenvalue weighted by atomic mass is 10.0. The molecule has 2 heterocycles. The van der Waals surface area contributed by atoms with Crippen molar-refractivity contribution < 1.29 is 0 Å². The summed E-state index contributed by atoms with van der Waals surface area (Å²) in [6, 6.07) is 8.87. The predicted octanol–water partition coefficient (Wildman–Crippen LogP) is 2.13. The summed E-state index contributed by atoms with van der Waals surface area (Å²) >= 11 is 0. The van der Waals surface area contributed by atoms with Crippen molar-refractivity contribution >= 4 is 5.82 Å². The number of piperidine rings is 1. The molecule has 0 aliphatic carbocycles. The lowest BCUT2D eigenvalue weighted by Gasteiger charge is -2.38. The largest absolute Gasteiger partial charge is 0.354 e. The Kier molecular flexibility index (Phi) is 6.31. The van der Waals surface area contributed by atoms with Gasteiger partial charge in [0.2, 0.25) is 0 Å². The SMILES string of the molecule is Cc1ccc(N2CCCC(N(C)CC(C#N)CCC#N)C2)nn1. The fraction of sp³-hybridized carbons (Fsp3) is 0.647. The van der Waals surface area contributed by atoms with E-state index in [1.165, 1.54) is 0 Å². The summed E-state index contributed by atoms with van der Waals surface area (Å²) in [5, 5.41) is 26.3. The Morgan fingerprint density at radius 3 is 2.87 bits per heavy atom. The smallest absolute Gasteiger partial charge is 0.151 e. The fourth-order valence-corrected chi connectivity index (χ4v) is 3.02. The zero-order valence-corrected chi connectivity index (χ0v) is 13.9. The normalized spacial score (nSPS) is 19.2. The standard InChI is InChI=1S/C17H24N6/c1-14-7-8-17(21-20-14)23-10-4-6-16(13-23)22(2)12-15(11-19)5-3-9-18/h7-8,15-16H,3-6,10,12-13H2,1-2H3. The van der Waals surface area contributed by atoms with Crippen molar-refractivity contribution in [3.05, 3.63) is 17.8 Å². The van der Waals surface area contributed by atoms with Gasteiger partial charge in [-0.15, -0.1) is 5.10 Å². The number of hydrogen-bond donors (Lipinski definition) is 0. The van der Waals surface area contributed by atoms with Crippen LogP contribution in [0, 0.1) is 35.5 Å². The number of aromatic nitrogens is 2. The van der Waals surface area contributed by atoms with Gasteiger partial charge in [-0.25, -0.2) is 0 Å². The number of hydrogen-bond acceptors (Lipinski definition) is 6. The number of rotatable bonds is 6. The quantitative estimate of drug-likeness (QED) is 0.800. The summed E-state index contributed by atoms with van der Waals surface area (Å²) in [6.45, 7) is 4.56. The molecule has 0 N–H and O–H groups in total. The van der Waals surface area contributed by atoms with E-state index in [0.717, 1.165) is 44.0 Å². The minimum absolute atomic E-state index is 0.0748. The van der Waals surface area contributed by atoms with Crippen molar-refractivity contribution in [3.8, 4) is 12.1 Å². The van der Waals surface area contributed by atoms with Crippen LogP contribution < -0.4 is 4.90 Å². The molecule has 0 bridgehead atoms. The first-order valence-electron chi connectivity index (χ1n) is 8.16. The molecule has 1 fully saturated rings. The zero-order valence-electron chi connectivity index (χ0n) is 13.9. The highest BCUT2D eigenvalue weighted by atomic mass is 15.3. The summed E-state index contributed by atoms with van der Waals surface area (Å²) < 4.78 is 0. The number of nitrogens with zero attached hydrogens (tertiary/aromatic N) is 6. The van der Waals surface area contributed by atoms with E-state index in [4.69, 9.17) is 5.26 Å². The van der Waals surface area contributed by atoms with Crippen molar-refractivity contribution in [2.45, 2.75) is 38.6 Å². The van der Waals surface area contributed by atoms with Gasteiger partial charge in [-0.1, -0.05) is 0 Å². The minimum Gasteiger partial charge on any atom is -0.354 e. The molecule has 0 spiro atoms. The van der Waals surface area contributed by atoms with Gasteiger partial charge in [0, 0.05) is 32.1 Å². The van der Waals surface area contributed by atoms with Crippen LogP contribution in [-0.2, 0) is 0 Å². The Labute approximate surface area is 138 Å². The number of likely N-dealkylation sites (N-methyl/N-ethyl adjacent to an activating group) is 1. The molecule has 1 aliphatic heterocycles. The molecule has 2 unspecified atom stereocenters. The van der Waals surface area contributed by atoms with Crippen LogP contribution in [0.15, 0.2) is 12.1 Å². The maximum absolute atomic E-state index is 9.24. The third-order valence-electron chi connectivity index (χ3n) is 4.42. The highest BCUT2D eigenvalue weighted by Crippen LogP contribution is 2.21. The average Bonchev–Trinajstić information content (AvgIpc) is 2.59. The average molecular weight is 312 g/mol. The molecule has 1 aliphatic rings. The summed E-state index contributed by atoms with van der Waals surface area (Å²) in [4.78, 5) is 4.53. The van der Waals surface area contributed by atoms with Gasteiger partial charge in [-0.3, -0.25) is 0 Å². The van der Waals surface area contributed by atoms with Gasteiger partial charge < -0.3 is 9.80 Å². The molecular formula is C17H24N6. The molecule has 6 nitrogen and oxygen atoms in total. The van der Waals surface area contributed by atoms with E-state index < -0.39 is 0 Å². The van der Waals surface area contributed by atoms with E-state index in [1.54, 1.807) is 0 Å². The Morgan fingerprint density at radius 2 is 2.22 bits per heavy atom. The molecule has 6 heteroatoms. The minimum atomic E-state index is -0.0748. The number of anilines is 1. The summed E-state index contributed by atoms with van der Waals surface area (Å²) in [6.07, 6.45) is 3.34. The van der Waals surface area contributed by atoms with Crippen LogP contribution in [0.2, 0.25) is 0 Å². The van der Waals surface area contributed by atoms with E-state index in [0.29, 0.717) is 18.9 Å². The van der Waals surface area contributed by atoms with Crippen LogP contribution in [0.3, 0.4) is 0 Å². The molecule has 0 aromatic carbocycles. The van der Waals surface area contributed by atoms with E-state index in [1.807, 2.05) is 19.1 Å². The highest BCUT2D eigenvalue weighted by Gasteiger charge is 2.25. The van der Waals surface area contributed by atoms with Gasteiger partial charge in [0.25, 0.3) is 0 Å². The van der Waals surface area contributed by atoms with Crippen LogP contribution in [0.25, 0.3) is 0 Å². The Hall–Kier alpha value is -2.18. The molecular weight excluding hydrogens is 288 g/mol. The molecule has 2 atom stereocenters. The Bertz CT molecular complexity index is 570. The van der Waals surface area contributed by atoms with Crippen molar-refractivity contribution in [1.29, 1.82) is 10.5 Å². The molecule has 0 amide bonds. The van der Waals surface area contributed by atoms with Gasteiger partial charge in [0.05, 0.1) is 23.8 Å². The zero-order chi connectivity index (χ0) is 16.7. The fourth-order valence-electron chi connectivity index (χ4n) is 3.02. The lowest BCUT2D eigenvalue weighted by molar-refractivity contribution is 0.196. The molecule has 0 saturated carbocycles. The van der Waals surface area contributed by atoms with Gasteiger partial charge in [-0.2, -0.15) is 15.6 Å². The summed E-state index contributed by atoms with van der Waals surface area (Å²) in [5.41, 5.74) is 0.925. The molecule has 1 aromatic rings. The van der Waals surface area contributed by atoms with E-state index >= 15 is 0 Å². The maximum atomic E-state index is 9.24. The van der Waals surface area contributed by atoms with Crippen molar-refractivity contribution in [2.75, 3.05) is 31.6 Å². The van der Waals surface area contributed by atoms with Crippen LogP contribution in [0.4, 0.5) is 5.82 Å². The lowest BCUT2D eigenvalue weighted by Crippen LogP contribution is -2.48. The molecule has 23 heavy (non-hydrogen) atoms. The van der Waals surface area contributed by atoms with Crippen LogP contribution in [0.5, 0.6) is 0 Å². The summed E-state index contributed by atoms with van der Waals surface area (Å²) in [7, 11) is 2.08. The molecule has 0 radical (unpaired) electrons. The van der Waals surface area contributed by atoms with Crippen LogP contribution >= 0.6 is 0 Å². The second-order valence-corrected chi connectivity index (χ2v) is 6.24. The molecule has 1 saturated heterocycles. The number of aryl methyl sites for hydroxylation is 1. The van der Waals surface area contributed by atoms with E-state index in [-0.39, 0.29) is 5.92 Å². The third-order valence-corrected chi connectivity index (χ3v) is 4.42. The van der Waals surface area contributed by atoms with E-state index in [2.05, 4.69) is 39.2 Å². The second kappa shape index (κ2) is 8.45. The van der Waals surface area contributed by atoms with Crippen molar-refractivity contribution in [1.82, 2.24) is 15.1 Å². The predicted molar refractivity (Wildman–Crippen MR) is 88.6 cm³/mol. The monoisotopic (exact) mass is 312 g/mol. The Balaban J connectivity index is 1.93. The summed E-state index contributed by atoms with van der Waals surface area (Å²) in [5.74, 6) is 0.851. The Morgan fingerprint density at radius 1 is 1.39 bits per heavy atom. The molecule has 122 valence electrons. The third kappa shape index (κ3) is 4.91. The van der Waals surface area contributed by atoms with Gasteiger partial charge in [0.1, 0.15) is 0 Å². The van der Waals surface area contributed by atoms with Crippen molar-refractivity contribution in [2.24, 2.45) is 5.92 Å². The van der Waals surface area contributed by atoms with Crippen LogP contribution in [-0.4, -0.2) is 47.8 Å². The van der Waals surface area contributed by atoms with Crippen LogP contribution in [0.1, 0.15) is 31.4 Å². The van der Waals surface area contributed by atoms with Gasteiger partial charge in [-0.05, 0) is 45.4 Å². The maximum Gasteiger partial charge on any atom is 0.151 e. The van der Waals surface area contributed by atoms with Crippen molar-refractivity contribution in [3.63, 3.8) is 0 Å². The van der Waals surface area contributed by atoms with Gasteiger partial charge >= 0.3 is 0 Å². The van der Waals surface area contributed by atoms with Gasteiger partial charge in [0.15, 0.2) is 5.82 Å². The topological polar surface area (TPSA) is 79.8 Å². The highest BCUT2D eigenvalue weighted by molar-refractivity contribution is 5.38. The first kappa shape index (κ1) is 17.2. The second-order valence-electron chi connectivity index (χ2n) is 6.24. The first-order chi connectivity index (χ1) is 11.1. The van der Waals surface area contributed by atoms with E-state index in [9.17, 15) is 5.26 Å². The number of nitriles is 2. The molecule has 2 rings (SSSR count). The molecule has 1 aromatic heterocycles. The first-order valence-corrected chi connectivity index (χ1v) is 8.16.